The van der Waals surface area contributed by atoms with Gasteiger partial charge in [-0.1, -0.05) is 71.7 Å². The van der Waals surface area contributed by atoms with E-state index in [4.69, 9.17) is 23.2 Å². The fraction of sp³-hybridized carbons (Fsp3) is 0.276. The lowest BCUT2D eigenvalue weighted by molar-refractivity contribution is -0.140. The molecule has 0 fully saturated rings. The van der Waals surface area contributed by atoms with E-state index in [-0.39, 0.29) is 24.4 Å². The van der Waals surface area contributed by atoms with Gasteiger partial charge in [-0.3, -0.25) is 18.7 Å². The van der Waals surface area contributed by atoms with Crippen molar-refractivity contribution in [2.24, 2.45) is 0 Å². The number of nitrogens with zero attached hydrogens (tertiary/aromatic N) is 2. The van der Waals surface area contributed by atoms with Crippen molar-refractivity contribution in [3.63, 3.8) is 0 Å². The van der Waals surface area contributed by atoms with Crippen LogP contribution in [0.5, 0.6) is 0 Å². The molecule has 0 unspecified atom stereocenters. The van der Waals surface area contributed by atoms with E-state index in [1.807, 2.05) is 30.3 Å². The number of hydrogen-bond donors (Lipinski definition) is 1. The monoisotopic (exact) mass is 603 g/mol. The van der Waals surface area contributed by atoms with E-state index in [2.05, 4.69) is 5.32 Å². The Hall–Kier alpha value is -3.40. The molecule has 1 atom stereocenters. The largest absolute Gasteiger partial charge is 0.355 e. The fourth-order valence-electron chi connectivity index (χ4n) is 4.19. The second kappa shape index (κ2) is 13.8. The molecule has 0 aliphatic heterocycles. The van der Waals surface area contributed by atoms with Crippen LogP contribution in [0.1, 0.15) is 35.3 Å². The molecule has 0 aromatic heterocycles. The minimum absolute atomic E-state index is 0.142. The zero-order valence-corrected chi connectivity index (χ0v) is 24.8. The van der Waals surface area contributed by atoms with E-state index in [0.717, 1.165) is 16.1 Å². The van der Waals surface area contributed by atoms with Gasteiger partial charge in [-0.05, 0) is 43.7 Å². The Morgan fingerprint density at radius 2 is 1.55 bits per heavy atom. The number of anilines is 1. The van der Waals surface area contributed by atoms with Crippen LogP contribution in [0.15, 0.2) is 72.8 Å². The SMILES string of the molecule is CCNC(=O)[C@H](Cc1ccccc1)N(Cc1c(Cl)cccc1Cl)C(=O)CN(c1cccc(C(C)=O)c1)S(C)(=O)=O. The van der Waals surface area contributed by atoms with Gasteiger partial charge in [0.05, 0.1) is 11.9 Å². The lowest BCUT2D eigenvalue weighted by atomic mass is 10.0. The summed E-state index contributed by atoms with van der Waals surface area (Å²) in [5.74, 6) is -1.31. The van der Waals surface area contributed by atoms with Crippen molar-refractivity contribution in [1.29, 1.82) is 0 Å². The Balaban J connectivity index is 2.10. The van der Waals surface area contributed by atoms with E-state index >= 15 is 0 Å². The Morgan fingerprint density at radius 1 is 0.925 bits per heavy atom. The number of benzene rings is 3. The molecule has 0 heterocycles. The van der Waals surface area contributed by atoms with Crippen LogP contribution in [-0.4, -0.2) is 56.3 Å². The van der Waals surface area contributed by atoms with Crippen LogP contribution in [0.3, 0.4) is 0 Å². The first-order valence-corrected chi connectivity index (χ1v) is 15.2. The van der Waals surface area contributed by atoms with E-state index in [0.29, 0.717) is 27.7 Å². The van der Waals surface area contributed by atoms with Crippen molar-refractivity contribution in [1.82, 2.24) is 10.2 Å². The zero-order chi connectivity index (χ0) is 29.4. The Labute approximate surface area is 244 Å². The molecule has 0 radical (unpaired) electrons. The Bertz CT molecular complexity index is 1460. The number of halogens is 2. The van der Waals surface area contributed by atoms with Gasteiger partial charge in [0.15, 0.2) is 5.78 Å². The molecule has 8 nitrogen and oxygen atoms in total. The molecule has 0 bridgehead atoms. The number of ketones is 1. The third-order valence-electron chi connectivity index (χ3n) is 6.23. The third-order valence-corrected chi connectivity index (χ3v) is 8.08. The molecular weight excluding hydrogens is 573 g/mol. The number of rotatable bonds is 12. The molecule has 11 heteroatoms. The summed E-state index contributed by atoms with van der Waals surface area (Å²) >= 11 is 12.9. The van der Waals surface area contributed by atoms with Gasteiger partial charge in [0.1, 0.15) is 12.6 Å². The third kappa shape index (κ3) is 8.06. The summed E-state index contributed by atoms with van der Waals surface area (Å²) in [5.41, 5.74) is 1.67. The van der Waals surface area contributed by atoms with E-state index < -0.39 is 34.4 Å². The minimum Gasteiger partial charge on any atom is -0.355 e. The minimum atomic E-state index is -3.97. The van der Waals surface area contributed by atoms with Gasteiger partial charge in [0.2, 0.25) is 21.8 Å². The molecule has 1 N–H and O–H groups in total. The molecule has 40 heavy (non-hydrogen) atoms. The van der Waals surface area contributed by atoms with Crippen LogP contribution in [0.2, 0.25) is 10.0 Å². The smallest absolute Gasteiger partial charge is 0.244 e. The second-order valence-electron chi connectivity index (χ2n) is 9.20. The number of carbonyl (C=O) groups is 3. The van der Waals surface area contributed by atoms with Crippen molar-refractivity contribution in [2.75, 3.05) is 23.7 Å². The van der Waals surface area contributed by atoms with Gasteiger partial charge in [0.25, 0.3) is 0 Å². The average molecular weight is 605 g/mol. The van der Waals surface area contributed by atoms with Gasteiger partial charge in [-0.15, -0.1) is 0 Å². The van der Waals surface area contributed by atoms with Crippen LogP contribution in [0.25, 0.3) is 0 Å². The Kier molecular flexibility index (Phi) is 10.7. The summed E-state index contributed by atoms with van der Waals surface area (Å²) in [4.78, 5) is 40.7. The second-order valence-corrected chi connectivity index (χ2v) is 11.9. The molecular formula is C29H31Cl2N3O5S. The normalized spacial score (nSPS) is 11.9. The van der Waals surface area contributed by atoms with Crippen molar-refractivity contribution in [2.45, 2.75) is 32.9 Å². The molecule has 0 spiro atoms. The first kappa shape index (κ1) is 31.1. The van der Waals surface area contributed by atoms with Crippen LogP contribution in [0, 0.1) is 0 Å². The van der Waals surface area contributed by atoms with E-state index in [9.17, 15) is 22.8 Å². The van der Waals surface area contributed by atoms with Crippen LogP contribution >= 0.6 is 23.2 Å². The van der Waals surface area contributed by atoms with Gasteiger partial charge >= 0.3 is 0 Å². The first-order chi connectivity index (χ1) is 18.9. The molecule has 3 aromatic rings. The summed E-state index contributed by atoms with van der Waals surface area (Å²) in [7, 11) is -3.97. The summed E-state index contributed by atoms with van der Waals surface area (Å²) in [6.07, 6.45) is 1.14. The maximum Gasteiger partial charge on any atom is 0.244 e. The molecule has 3 rings (SSSR count). The van der Waals surface area contributed by atoms with Crippen molar-refractivity contribution < 1.29 is 22.8 Å². The van der Waals surface area contributed by atoms with Gasteiger partial charge in [0, 0.05) is 40.7 Å². The lowest BCUT2D eigenvalue weighted by Crippen LogP contribution is -2.53. The number of amides is 2. The van der Waals surface area contributed by atoms with Gasteiger partial charge < -0.3 is 10.2 Å². The van der Waals surface area contributed by atoms with Gasteiger partial charge in [-0.2, -0.15) is 0 Å². The predicted molar refractivity (Wildman–Crippen MR) is 158 cm³/mol. The highest BCUT2D eigenvalue weighted by atomic mass is 35.5. The number of nitrogens with one attached hydrogen (secondary N) is 1. The van der Waals surface area contributed by atoms with E-state index in [1.54, 1.807) is 37.3 Å². The summed E-state index contributed by atoms with van der Waals surface area (Å²) in [6.45, 7) is 2.70. The summed E-state index contributed by atoms with van der Waals surface area (Å²) in [5, 5.41) is 3.38. The zero-order valence-electron chi connectivity index (χ0n) is 22.4. The van der Waals surface area contributed by atoms with Crippen molar-refractivity contribution in [3.05, 3.63) is 99.5 Å². The maximum absolute atomic E-state index is 14.0. The number of carbonyl (C=O) groups excluding carboxylic acids is 3. The highest BCUT2D eigenvalue weighted by Crippen LogP contribution is 2.28. The fourth-order valence-corrected chi connectivity index (χ4v) is 5.55. The van der Waals surface area contributed by atoms with Crippen molar-refractivity contribution >= 4 is 56.5 Å². The number of sulfonamides is 1. The molecule has 0 saturated heterocycles. The summed E-state index contributed by atoms with van der Waals surface area (Å²) in [6, 6.07) is 19.1. The molecule has 2 amide bonds. The molecule has 212 valence electrons. The molecule has 0 saturated carbocycles. The van der Waals surface area contributed by atoms with Crippen LogP contribution in [-0.2, 0) is 32.6 Å². The highest BCUT2D eigenvalue weighted by molar-refractivity contribution is 7.92. The lowest BCUT2D eigenvalue weighted by Gasteiger charge is -2.34. The quantitative estimate of drug-likeness (QED) is 0.301. The summed E-state index contributed by atoms with van der Waals surface area (Å²) < 4.78 is 26.7. The maximum atomic E-state index is 14.0. The highest BCUT2D eigenvalue weighted by Gasteiger charge is 2.33. The molecule has 3 aromatic carbocycles. The number of likely N-dealkylation sites (N-methyl/N-ethyl adjacent to an activating group) is 1. The van der Waals surface area contributed by atoms with Gasteiger partial charge in [-0.25, -0.2) is 8.42 Å². The molecule has 0 aliphatic rings. The molecule has 0 aliphatic carbocycles. The average Bonchev–Trinajstić information content (AvgIpc) is 2.90. The van der Waals surface area contributed by atoms with Crippen LogP contribution in [0.4, 0.5) is 5.69 Å². The first-order valence-electron chi connectivity index (χ1n) is 12.5. The number of hydrogen-bond acceptors (Lipinski definition) is 5. The topological polar surface area (TPSA) is 104 Å². The van der Waals surface area contributed by atoms with Crippen molar-refractivity contribution in [3.8, 4) is 0 Å². The number of Topliss-reactive ketones (excluding diaryl/α,β-unsaturated/α-hetero) is 1. The standard InChI is InChI=1S/C29H31Cl2N3O5S/c1-4-32-29(37)27(16-21-10-6-5-7-11-21)33(18-24-25(30)14-9-15-26(24)31)28(36)19-34(40(3,38)39)23-13-8-12-22(17-23)20(2)35/h5-15,17,27H,4,16,18-19H2,1-3H3,(H,32,37)/t27-/m0/s1. The van der Waals surface area contributed by atoms with E-state index in [1.165, 1.54) is 24.0 Å². The predicted octanol–water partition coefficient (Wildman–Crippen LogP) is 4.74. The van der Waals surface area contributed by atoms with Crippen LogP contribution < -0.4 is 9.62 Å². The Morgan fingerprint density at radius 3 is 2.12 bits per heavy atom.